The third-order valence-electron chi connectivity index (χ3n) is 5.05. The predicted molar refractivity (Wildman–Crippen MR) is 115 cm³/mol. The van der Waals surface area contributed by atoms with Crippen LogP contribution in [0.3, 0.4) is 0 Å². The summed E-state index contributed by atoms with van der Waals surface area (Å²) >= 11 is 1.53. The largest absolute Gasteiger partial charge is 0.360 e. The Morgan fingerprint density at radius 3 is 2.32 bits per heavy atom. The molecule has 0 N–H and O–H groups in total. The van der Waals surface area contributed by atoms with Crippen molar-refractivity contribution in [2.24, 2.45) is 0 Å². The molecule has 10 heteroatoms. The minimum absolute atomic E-state index is 0.108. The van der Waals surface area contributed by atoms with Gasteiger partial charge >= 0.3 is 0 Å². The lowest BCUT2D eigenvalue weighted by molar-refractivity contribution is 0.0697. The zero-order chi connectivity index (χ0) is 22.0. The van der Waals surface area contributed by atoms with E-state index in [0.29, 0.717) is 24.3 Å². The number of carbonyl (C=O) groups excluding carboxylic acids is 1. The van der Waals surface area contributed by atoms with Crippen LogP contribution in [-0.4, -0.2) is 59.8 Å². The first kappa shape index (κ1) is 21.5. The van der Waals surface area contributed by atoms with E-state index in [-0.39, 0.29) is 29.7 Å². The molecule has 4 rings (SSSR count). The topological polar surface area (TPSA) is 96.6 Å². The lowest BCUT2D eigenvalue weighted by atomic mass is 10.2. The summed E-state index contributed by atoms with van der Waals surface area (Å²) in [6, 6.07) is 13.1. The highest BCUT2D eigenvalue weighted by atomic mass is 32.2. The third-order valence-corrected chi connectivity index (χ3v) is 8.16. The van der Waals surface area contributed by atoms with E-state index >= 15 is 0 Å². The van der Waals surface area contributed by atoms with E-state index in [1.54, 1.807) is 37.1 Å². The van der Waals surface area contributed by atoms with Gasteiger partial charge in [-0.1, -0.05) is 23.0 Å². The summed E-state index contributed by atoms with van der Waals surface area (Å²) in [6.07, 6.45) is 1.74. The van der Waals surface area contributed by atoms with Crippen LogP contribution in [0, 0.1) is 13.8 Å². The van der Waals surface area contributed by atoms with Gasteiger partial charge in [0, 0.05) is 42.8 Å². The van der Waals surface area contributed by atoms with Gasteiger partial charge in [-0.15, -0.1) is 0 Å². The van der Waals surface area contributed by atoms with Crippen molar-refractivity contribution in [3.8, 4) is 0 Å². The molecule has 2 aromatic heterocycles. The second-order valence-corrected chi connectivity index (χ2v) is 10.1. The van der Waals surface area contributed by atoms with E-state index in [4.69, 9.17) is 4.52 Å². The van der Waals surface area contributed by atoms with Gasteiger partial charge < -0.3 is 9.42 Å². The van der Waals surface area contributed by atoms with Crippen molar-refractivity contribution in [2.45, 2.75) is 28.7 Å². The molecule has 31 heavy (non-hydrogen) atoms. The molecule has 0 spiro atoms. The molecule has 3 heterocycles. The van der Waals surface area contributed by atoms with E-state index in [1.165, 1.54) is 16.1 Å². The normalized spacial score (nSPS) is 15.2. The second-order valence-electron chi connectivity index (χ2n) is 7.14. The van der Waals surface area contributed by atoms with Gasteiger partial charge in [0.05, 0.1) is 0 Å². The van der Waals surface area contributed by atoms with Crippen molar-refractivity contribution in [3.63, 3.8) is 0 Å². The zero-order valence-electron chi connectivity index (χ0n) is 17.2. The Kier molecular flexibility index (Phi) is 6.12. The average molecular weight is 459 g/mol. The molecular weight excluding hydrogens is 436 g/mol. The maximum atomic E-state index is 12.9. The Hall–Kier alpha value is -2.69. The maximum absolute atomic E-state index is 12.9. The minimum atomic E-state index is -3.70. The standard InChI is InChI=1S/C21H22N4O4S2/c1-15-20(16(2)29-23-15)31(27,28)25-13-11-24(12-14-25)21(26)17-6-8-18(9-7-17)30-19-5-3-4-10-22-19/h3-10H,11-14H2,1-2H3. The predicted octanol–water partition coefficient (Wildman–Crippen LogP) is 2.98. The first-order chi connectivity index (χ1) is 14.9. The van der Waals surface area contributed by atoms with Crippen LogP contribution < -0.4 is 0 Å². The molecule has 162 valence electrons. The van der Waals surface area contributed by atoms with Crippen LogP contribution in [0.5, 0.6) is 0 Å². The fourth-order valence-electron chi connectivity index (χ4n) is 3.48. The molecule has 8 nitrogen and oxygen atoms in total. The number of nitrogens with zero attached hydrogens (tertiary/aromatic N) is 4. The highest BCUT2D eigenvalue weighted by molar-refractivity contribution is 7.99. The number of aromatic nitrogens is 2. The van der Waals surface area contributed by atoms with Crippen LogP contribution in [0.4, 0.5) is 0 Å². The molecule has 1 aliphatic heterocycles. The molecule has 0 atom stereocenters. The Balaban J connectivity index is 1.39. The van der Waals surface area contributed by atoms with Crippen molar-refractivity contribution >= 4 is 27.7 Å². The van der Waals surface area contributed by atoms with E-state index < -0.39 is 10.0 Å². The molecule has 3 aromatic rings. The van der Waals surface area contributed by atoms with Crippen LogP contribution in [0.2, 0.25) is 0 Å². The maximum Gasteiger partial charge on any atom is 0.253 e. The first-order valence-electron chi connectivity index (χ1n) is 9.77. The molecule has 1 aliphatic rings. The number of hydrogen-bond acceptors (Lipinski definition) is 7. The Bertz CT molecular complexity index is 1150. The third kappa shape index (κ3) is 4.51. The molecular formula is C21H22N4O4S2. The van der Waals surface area contributed by atoms with E-state index in [1.807, 2.05) is 30.3 Å². The van der Waals surface area contributed by atoms with Crippen molar-refractivity contribution < 1.29 is 17.7 Å². The van der Waals surface area contributed by atoms with Crippen LogP contribution >= 0.6 is 11.8 Å². The summed E-state index contributed by atoms with van der Waals surface area (Å²) in [5.74, 6) is 0.170. The fraction of sp³-hybridized carbons (Fsp3) is 0.286. The van der Waals surface area contributed by atoms with Gasteiger partial charge in [0.2, 0.25) is 10.0 Å². The Morgan fingerprint density at radius 2 is 1.74 bits per heavy atom. The summed E-state index contributed by atoms with van der Waals surface area (Å²) in [7, 11) is -3.70. The van der Waals surface area contributed by atoms with Crippen molar-refractivity contribution in [3.05, 3.63) is 65.7 Å². The summed E-state index contributed by atoms with van der Waals surface area (Å²) in [5, 5.41) is 4.63. The molecule has 0 saturated carbocycles. The van der Waals surface area contributed by atoms with Crippen molar-refractivity contribution in [1.29, 1.82) is 0 Å². The first-order valence-corrected chi connectivity index (χ1v) is 12.0. The number of piperazine rings is 1. The minimum Gasteiger partial charge on any atom is -0.360 e. The molecule has 0 bridgehead atoms. The number of rotatable bonds is 5. The van der Waals surface area contributed by atoms with E-state index in [2.05, 4.69) is 10.1 Å². The molecule has 0 radical (unpaired) electrons. The molecule has 1 fully saturated rings. The number of hydrogen-bond donors (Lipinski definition) is 0. The zero-order valence-corrected chi connectivity index (χ0v) is 18.8. The molecule has 1 aromatic carbocycles. The van der Waals surface area contributed by atoms with Crippen molar-refractivity contribution in [2.75, 3.05) is 26.2 Å². The van der Waals surface area contributed by atoms with E-state index in [9.17, 15) is 13.2 Å². The van der Waals surface area contributed by atoms with E-state index in [0.717, 1.165) is 9.92 Å². The summed E-state index contributed by atoms with van der Waals surface area (Å²) in [4.78, 5) is 20.0. The summed E-state index contributed by atoms with van der Waals surface area (Å²) < 4.78 is 32.3. The number of aryl methyl sites for hydroxylation is 2. The smallest absolute Gasteiger partial charge is 0.253 e. The van der Waals surface area contributed by atoms with Gasteiger partial charge in [0.25, 0.3) is 5.91 Å². The number of pyridine rings is 1. The highest BCUT2D eigenvalue weighted by Gasteiger charge is 2.34. The van der Waals surface area contributed by atoms with Gasteiger partial charge in [0.1, 0.15) is 15.6 Å². The molecule has 0 unspecified atom stereocenters. The number of benzene rings is 1. The average Bonchev–Trinajstić information content (AvgIpc) is 3.13. The Morgan fingerprint density at radius 1 is 1.03 bits per heavy atom. The molecule has 0 aliphatic carbocycles. The van der Waals surface area contributed by atoms with Crippen LogP contribution in [0.25, 0.3) is 0 Å². The van der Waals surface area contributed by atoms with Gasteiger partial charge in [0.15, 0.2) is 5.76 Å². The monoisotopic (exact) mass is 458 g/mol. The van der Waals surface area contributed by atoms with Gasteiger partial charge in [-0.2, -0.15) is 4.31 Å². The van der Waals surface area contributed by atoms with Gasteiger partial charge in [-0.25, -0.2) is 13.4 Å². The van der Waals surface area contributed by atoms with Gasteiger partial charge in [-0.05, 0) is 50.2 Å². The van der Waals surface area contributed by atoms with Crippen LogP contribution in [0.1, 0.15) is 21.8 Å². The molecule has 1 saturated heterocycles. The number of sulfonamides is 1. The van der Waals surface area contributed by atoms with Crippen LogP contribution in [-0.2, 0) is 10.0 Å². The lowest BCUT2D eigenvalue weighted by Crippen LogP contribution is -2.50. The number of carbonyl (C=O) groups is 1. The summed E-state index contributed by atoms with van der Waals surface area (Å²) in [6.45, 7) is 4.30. The fourth-order valence-corrected chi connectivity index (χ4v) is 5.97. The lowest BCUT2D eigenvalue weighted by Gasteiger charge is -2.34. The van der Waals surface area contributed by atoms with Gasteiger partial charge in [-0.3, -0.25) is 4.79 Å². The Labute approximate surface area is 185 Å². The van der Waals surface area contributed by atoms with Crippen LogP contribution in [0.15, 0.2) is 68.0 Å². The van der Waals surface area contributed by atoms with Crippen molar-refractivity contribution in [1.82, 2.24) is 19.3 Å². The number of amides is 1. The quantitative estimate of drug-likeness (QED) is 0.580. The highest BCUT2D eigenvalue weighted by Crippen LogP contribution is 2.27. The SMILES string of the molecule is Cc1noc(C)c1S(=O)(=O)N1CCN(C(=O)c2ccc(Sc3ccccn3)cc2)CC1. The summed E-state index contributed by atoms with van der Waals surface area (Å²) in [5.41, 5.74) is 0.923. The molecule has 1 amide bonds. The second kappa shape index (κ2) is 8.81.